The van der Waals surface area contributed by atoms with Crippen LogP contribution in [0.4, 0.5) is 10.5 Å². The van der Waals surface area contributed by atoms with E-state index < -0.39 is 11.9 Å². The van der Waals surface area contributed by atoms with Gasteiger partial charge >= 0.3 is 6.03 Å². The first-order valence-corrected chi connectivity index (χ1v) is 9.94. The number of primary amides is 1. The molecule has 0 fully saturated rings. The van der Waals surface area contributed by atoms with Crippen molar-refractivity contribution < 1.29 is 14.7 Å². The minimum atomic E-state index is -0.756. The van der Waals surface area contributed by atoms with Crippen molar-refractivity contribution in [2.75, 3.05) is 18.0 Å². The summed E-state index contributed by atoms with van der Waals surface area (Å²) in [7, 11) is 0. The maximum absolute atomic E-state index is 13.6. The molecule has 5 N–H and O–H groups in total. The molecule has 0 radical (unpaired) electrons. The molecule has 0 bridgehead atoms. The maximum atomic E-state index is 13.6. The third-order valence-corrected chi connectivity index (χ3v) is 5.26. The minimum Gasteiger partial charge on any atom is -0.508 e. The number of hydrogen-bond acceptors (Lipinski definition) is 4. The lowest BCUT2D eigenvalue weighted by molar-refractivity contribution is -0.122. The fraction of sp³-hybridized carbons (Fsp3) is 0.364. The number of phenols is 1. The molecule has 0 unspecified atom stereocenters. The zero-order valence-electron chi connectivity index (χ0n) is 16.5. The predicted molar refractivity (Wildman–Crippen MR) is 112 cm³/mol. The lowest BCUT2D eigenvalue weighted by Gasteiger charge is -2.37. The molecule has 3 amide bonds. The Kier molecular flexibility index (Phi) is 6.72. The number of hydrogen-bond donors (Lipinski definition) is 3. The molecule has 2 aromatic rings. The van der Waals surface area contributed by atoms with Crippen LogP contribution in [0.5, 0.6) is 5.75 Å². The van der Waals surface area contributed by atoms with E-state index in [2.05, 4.69) is 0 Å². The molecule has 0 aliphatic carbocycles. The lowest BCUT2D eigenvalue weighted by Crippen LogP contribution is -2.53. The van der Waals surface area contributed by atoms with Crippen molar-refractivity contribution in [1.82, 2.24) is 4.90 Å². The number of amides is 3. The standard InChI is InChI=1S/C22H28N4O3/c23-13-3-8-20(21(24)28)26(15-16-9-11-18(27)12-10-16)22(29)25-14-4-6-17-5-1-2-7-19(17)25/h1-2,5,7,9-12,20,27H,3-4,6,8,13-15,23H2,(H2,24,28)/t20-/m0/s1. The van der Waals surface area contributed by atoms with Crippen LogP contribution in [-0.2, 0) is 17.8 Å². The van der Waals surface area contributed by atoms with Crippen LogP contribution in [-0.4, -0.2) is 41.1 Å². The number of para-hydroxylation sites is 1. The number of rotatable bonds is 7. The summed E-state index contributed by atoms with van der Waals surface area (Å²) in [6, 6.07) is 13.4. The van der Waals surface area contributed by atoms with E-state index in [1.807, 2.05) is 24.3 Å². The molecular weight excluding hydrogens is 368 g/mol. The molecule has 29 heavy (non-hydrogen) atoms. The third kappa shape index (κ3) is 4.86. The van der Waals surface area contributed by atoms with Gasteiger partial charge in [0.1, 0.15) is 11.8 Å². The second-order valence-corrected chi connectivity index (χ2v) is 7.31. The quantitative estimate of drug-likeness (QED) is 0.667. The van der Waals surface area contributed by atoms with Crippen LogP contribution < -0.4 is 16.4 Å². The van der Waals surface area contributed by atoms with Crippen molar-refractivity contribution in [3.05, 3.63) is 59.7 Å². The number of benzene rings is 2. The number of phenolic OH excluding ortho intramolecular Hbond substituents is 1. The van der Waals surface area contributed by atoms with Crippen LogP contribution in [0.25, 0.3) is 0 Å². The van der Waals surface area contributed by atoms with E-state index in [0.29, 0.717) is 25.9 Å². The highest BCUT2D eigenvalue weighted by atomic mass is 16.3. The molecule has 154 valence electrons. The second kappa shape index (κ2) is 9.43. The van der Waals surface area contributed by atoms with Crippen molar-refractivity contribution in [3.63, 3.8) is 0 Å². The molecule has 0 saturated heterocycles. The predicted octanol–water partition coefficient (Wildman–Crippen LogP) is 2.36. The van der Waals surface area contributed by atoms with Crippen molar-refractivity contribution in [3.8, 4) is 5.75 Å². The SMILES string of the molecule is NCCC[C@@H](C(N)=O)N(Cc1ccc(O)cc1)C(=O)N1CCCc2ccccc21. The number of anilines is 1. The average Bonchev–Trinajstić information content (AvgIpc) is 2.73. The van der Waals surface area contributed by atoms with Crippen LogP contribution in [0.3, 0.4) is 0 Å². The first-order valence-electron chi connectivity index (χ1n) is 9.94. The number of nitrogens with zero attached hydrogens (tertiary/aromatic N) is 2. The second-order valence-electron chi connectivity index (χ2n) is 7.31. The Balaban J connectivity index is 1.94. The Morgan fingerprint density at radius 1 is 1.14 bits per heavy atom. The zero-order chi connectivity index (χ0) is 20.8. The first-order chi connectivity index (χ1) is 14.0. The molecule has 1 heterocycles. The number of carbonyl (C=O) groups excluding carboxylic acids is 2. The molecular formula is C22H28N4O3. The summed E-state index contributed by atoms with van der Waals surface area (Å²) in [6.45, 7) is 1.22. The van der Waals surface area contributed by atoms with Gasteiger partial charge in [0.15, 0.2) is 0 Å². The van der Waals surface area contributed by atoms with E-state index in [1.54, 1.807) is 29.2 Å². The molecule has 1 aliphatic heterocycles. The summed E-state index contributed by atoms with van der Waals surface area (Å²) in [4.78, 5) is 29.1. The van der Waals surface area contributed by atoms with Gasteiger partial charge in [-0.1, -0.05) is 30.3 Å². The van der Waals surface area contributed by atoms with E-state index in [-0.39, 0.29) is 18.3 Å². The summed E-state index contributed by atoms with van der Waals surface area (Å²) in [5, 5.41) is 9.55. The van der Waals surface area contributed by atoms with Crippen LogP contribution in [0, 0.1) is 0 Å². The van der Waals surface area contributed by atoms with E-state index in [0.717, 1.165) is 29.7 Å². The first kappa shape index (κ1) is 20.7. The normalized spacial score (nSPS) is 14.2. The van der Waals surface area contributed by atoms with Crippen molar-refractivity contribution in [2.24, 2.45) is 11.5 Å². The lowest BCUT2D eigenvalue weighted by atomic mass is 10.0. The number of carbonyl (C=O) groups is 2. The molecule has 7 heteroatoms. The number of aryl methyl sites for hydroxylation is 1. The van der Waals surface area contributed by atoms with Gasteiger partial charge in [-0.05, 0) is 61.6 Å². The molecule has 0 saturated carbocycles. The van der Waals surface area contributed by atoms with Gasteiger partial charge < -0.3 is 21.5 Å². The van der Waals surface area contributed by atoms with Crippen molar-refractivity contribution in [1.29, 1.82) is 0 Å². The average molecular weight is 396 g/mol. The van der Waals surface area contributed by atoms with Gasteiger partial charge in [-0.3, -0.25) is 9.69 Å². The minimum absolute atomic E-state index is 0.145. The van der Waals surface area contributed by atoms with E-state index >= 15 is 0 Å². The van der Waals surface area contributed by atoms with Gasteiger partial charge in [-0.2, -0.15) is 0 Å². The Morgan fingerprint density at radius 2 is 1.86 bits per heavy atom. The monoisotopic (exact) mass is 396 g/mol. The van der Waals surface area contributed by atoms with Gasteiger partial charge in [0, 0.05) is 18.8 Å². The van der Waals surface area contributed by atoms with Crippen LogP contribution >= 0.6 is 0 Å². The largest absolute Gasteiger partial charge is 0.508 e. The number of nitrogens with two attached hydrogens (primary N) is 2. The van der Waals surface area contributed by atoms with Crippen LogP contribution in [0.2, 0.25) is 0 Å². The van der Waals surface area contributed by atoms with E-state index in [1.165, 1.54) is 4.90 Å². The van der Waals surface area contributed by atoms with Crippen molar-refractivity contribution >= 4 is 17.6 Å². The maximum Gasteiger partial charge on any atom is 0.325 e. The highest BCUT2D eigenvalue weighted by Crippen LogP contribution is 2.29. The molecule has 1 atom stereocenters. The molecule has 7 nitrogen and oxygen atoms in total. The highest BCUT2D eigenvalue weighted by molar-refractivity contribution is 5.96. The van der Waals surface area contributed by atoms with E-state index in [4.69, 9.17) is 11.5 Å². The summed E-state index contributed by atoms with van der Waals surface area (Å²) < 4.78 is 0. The van der Waals surface area contributed by atoms with Crippen LogP contribution in [0.1, 0.15) is 30.4 Å². The highest BCUT2D eigenvalue weighted by Gasteiger charge is 2.33. The van der Waals surface area contributed by atoms with Gasteiger partial charge in [0.25, 0.3) is 0 Å². The third-order valence-electron chi connectivity index (χ3n) is 5.26. The van der Waals surface area contributed by atoms with Crippen molar-refractivity contribution in [2.45, 2.75) is 38.3 Å². The van der Waals surface area contributed by atoms with Gasteiger partial charge in [0.05, 0.1) is 0 Å². The molecule has 3 rings (SSSR count). The Bertz CT molecular complexity index is 853. The summed E-state index contributed by atoms with van der Waals surface area (Å²) >= 11 is 0. The fourth-order valence-corrected chi connectivity index (χ4v) is 3.76. The number of urea groups is 1. The zero-order valence-corrected chi connectivity index (χ0v) is 16.5. The molecule has 2 aromatic carbocycles. The fourth-order valence-electron chi connectivity index (χ4n) is 3.76. The Labute approximate surface area is 170 Å². The number of aromatic hydroxyl groups is 1. The van der Waals surface area contributed by atoms with E-state index in [9.17, 15) is 14.7 Å². The summed E-state index contributed by atoms with van der Waals surface area (Å²) in [5.41, 5.74) is 14.1. The molecule has 0 aromatic heterocycles. The number of fused-ring (bicyclic) bond motifs is 1. The smallest absolute Gasteiger partial charge is 0.325 e. The van der Waals surface area contributed by atoms with Gasteiger partial charge in [-0.15, -0.1) is 0 Å². The van der Waals surface area contributed by atoms with Gasteiger partial charge in [-0.25, -0.2) is 4.79 Å². The molecule has 1 aliphatic rings. The summed E-state index contributed by atoms with van der Waals surface area (Å²) in [5.74, 6) is -0.401. The Morgan fingerprint density at radius 3 is 2.55 bits per heavy atom. The summed E-state index contributed by atoms with van der Waals surface area (Å²) in [6.07, 6.45) is 2.78. The topological polar surface area (TPSA) is 113 Å². The molecule has 0 spiro atoms. The van der Waals surface area contributed by atoms with Crippen LogP contribution in [0.15, 0.2) is 48.5 Å². The Hall–Kier alpha value is -3.06. The van der Waals surface area contributed by atoms with Gasteiger partial charge in [0.2, 0.25) is 5.91 Å².